The summed E-state index contributed by atoms with van der Waals surface area (Å²) in [5.74, 6) is 1.89. The number of aromatic nitrogens is 2. The maximum atomic E-state index is 12.3. The van der Waals surface area contributed by atoms with E-state index >= 15 is 0 Å². The summed E-state index contributed by atoms with van der Waals surface area (Å²) in [7, 11) is 1.65. The van der Waals surface area contributed by atoms with Crippen molar-refractivity contribution >= 4 is 12.0 Å². The van der Waals surface area contributed by atoms with Crippen molar-refractivity contribution in [2.75, 3.05) is 31.6 Å². The van der Waals surface area contributed by atoms with Crippen LogP contribution in [0.3, 0.4) is 0 Å². The quantitative estimate of drug-likeness (QED) is 0.837. The minimum atomic E-state index is -0.483. The summed E-state index contributed by atoms with van der Waals surface area (Å²) in [4.78, 5) is 25.3. The highest BCUT2D eigenvalue weighted by Crippen LogP contribution is 2.43. The SMILES string of the molecule is COc1nc(N2CCN(C(=O)OC(C)(C)C)[C@H](C)C2)ncc1C1CC1. The molecule has 25 heavy (non-hydrogen) atoms. The van der Waals surface area contributed by atoms with Crippen molar-refractivity contribution in [1.29, 1.82) is 0 Å². The molecule has 1 aromatic rings. The van der Waals surface area contributed by atoms with Crippen LogP contribution in [0.25, 0.3) is 0 Å². The number of hydrogen-bond acceptors (Lipinski definition) is 6. The van der Waals surface area contributed by atoms with Gasteiger partial charge >= 0.3 is 6.09 Å². The van der Waals surface area contributed by atoms with Crippen LogP contribution in [0, 0.1) is 0 Å². The average Bonchev–Trinajstić information content (AvgIpc) is 3.37. The lowest BCUT2D eigenvalue weighted by Crippen LogP contribution is -2.55. The predicted molar refractivity (Wildman–Crippen MR) is 95.2 cm³/mol. The Kier molecular flexibility index (Phi) is 4.75. The highest BCUT2D eigenvalue weighted by molar-refractivity contribution is 5.69. The molecule has 2 aliphatic rings. The first-order valence-electron chi connectivity index (χ1n) is 8.94. The Bertz CT molecular complexity index is 640. The van der Waals surface area contributed by atoms with E-state index in [0.717, 1.165) is 5.56 Å². The third kappa shape index (κ3) is 4.14. The Morgan fingerprint density at radius 3 is 2.56 bits per heavy atom. The maximum Gasteiger partial charge on any atom is 0.410 e. The van der Waals surface area contributed by atoms with Gasteiger partial charge in [-0.05, 0) is 46.5 Å². The minimum Gasteiger partial charge on any atom is -0.481 e. The third-order valence-electron chi connectivity index (χ3n) is 4.52. The number of piperazine rings is 1. The van der Waals surface area contributed by atoms with Gasteiger partial charge in [-0.2, -0.15) is 4.98 Å². The molecule has 1 aliphatic heterocycles. The summed E-state index contributed by atoms with van der Waals surface area (Å²) in [5.41, 5.74) is 0.620. The van der Waals surface area contributed by atoms with Gasteiger partial charge in [0.2, 0.25) is 11.8 Å². The molecule has 1 aromatic heterocycles. The van der Waals surface area contributed by atoms with Crippen LogP contribution in [0.5, 0.6) is 5.88 Å². The van der Waals surface area contributed by atoms with Crippen LogP contribution in [-0.4, -0.2) is 59.3 Å². The van der Waals surface area contributed by atoms with Crippen LogP contribution >= 0.6 is 0 Å². The lowest BCUT2D eigenvalue weighted by molar-refractivity contribution is 0.0158. The molecule has 7 heteroatoms. The Morgan fingerprint density at radius 1 is 1.28 bits per heavy atom. The molecule has 0 bridgehead atoms. The molecule has 1 amide bonds. The first-order chi connectivity index (χ1) is 11.8. The van der Waals surface area contributed by atoms with E-state index in [1.807, 2.05) is 33.9 Å². The molecule has 0 aromatic carbocycles. The van der Waals surface area contributed by atoms with Crippen LogP contribution in [-0.2, 0) is 4.74 Å². The molecule has 0 unspecified atom stereocenters. The van der Waals surface area contributed by atoms with Gasteiger partial charge in [-0.3, -0.25) is 0 Å². The van der Waals surface area contributed by atoms with E-state index in [-0.39, 0.29) is 12.1 Å². The summed E-state index contributed by atoms with van der Waals surface area (Å²) >= 11 is 0. The van der Waals surface area contributed by atoms with Gasteiger partial charge in [0.25, 0.3) is 0 Å². The van der Waals surface area contributed by atoms with Gasteiger partial charge in [-0.25, -0.2) is 9.78 Å². The molecule has 0 spiro atoms. The van der Waals surface area contributed by atoms with Crippen molar-refractivity contribution in [3.05, 3.63) is 11.8 Å². The number of anilines is 1. The van der Waals surface area contributed by atoms with Crippen LogP contribution in [0.4, 0.5) is 10.7 Å². The second-order valence-corrected chi connectivity index (χ2v) is 7.88. The highest BCUT2D eigenvalue weighted by Gasteiger charge is 2.33. The summed E-state index contributed by atoms with van der Waals surface area (Å²) in [6.07, 6.45) is 4.00. The van der Waals surface area contributed by atoms with Crippen molar-refractivity contribution < 1.29 is 14.3 Å². The number of carbonyl (C=O) groups excluding carboxylic acids is 1. The Balaban J connectivity index is 1.67. The molecule has 1 aliphatic carbocycles. The maximum absolute atomic E-state index is 12.3. The van der Waals surface area contributed by atoms with Crippen LogP contribution in [0.2, 0.25) is 0 Å². The number of methoxy groups -OCH3 is 1. The Labute approximate surface area is 149 Å². The van der Waals surface area contributed by atoms with E-state index in [4.69, 9.17) is 9.47 Å². The van der Waals surface area contributed by atoms with E-state index < -0.39 is 5.60 Å². The zero-order valence-electron chi connectivity index (χ0n) is 15.8. The number of amides is 1. The van der Waals surface area contributed by atoms with E-state index in [0.29, 0.717) is 37.4 Å². The third-order valence-corrected chi connectivity index (χ3v) is 4.52. The van der Waals surface area contributed by atoms with E-state index in [1.54, 1.807) is 12.0 Å². The highest BCUT2D eigenvalue weighted by atomic mass is 16.6. The first-order valence-corrected chi connectivity index (χ1v) is 8.94. The van der Waals surface area contributed by atoms with Gasteiger partial charge in [0.05, 0.1) is 7.11 Å². The molecular formula is C18H28N4O3. The summed E-state index contributed by atoms with van der Waals surface area (Å²) in [5, 5.41) is 0. The van der Waals surface area contributed by atoms with Crippen LogP contribution in [0.15, 0.2) is 6.20 Å². The normalized spacial score (nSPS) is 21.2. The van der Waals surface area contributed by atoms with Gasteiger partial charge in [-0.15, -0.1) is 0 Å². The second kappa shape index (κ2) is 6.69. The average molecular weight is 348 g/mol. The predicted octanol–water partition coefficient (Wildman–Crippen LogP) is 2.81. The van der Waals surface area contributed by atoms with Gasteiger partial charge in [-0.1, -0.05) is 0 Å². The van der Waals surface area contributed by atoms with Crippen molar-refractivity contribution in [3.8, 4) is 5.88 Å². The molecule has 0 radical (unpaired) electrons. The largest absolute Gasteiger partial charge is 0.481 e. The molecular weight excluding hydrogens is 320 g/mol. The molecule has 138 valence electrons. The van der Waals surface area contributed by atoms with E-state index in [2.05, 4.69) is 14.9 Å². The van der Waals surface area contributed by atoms with Gasteiger partial charge in [0.1, 0.15) is 5.60 Å². The number of nitrogens with zero attached hydrogens (tertiary/aromatic N) is 4. The van der Waals surface area contributed by atoms with Crippen molar-refractivity contribution in [2.24, 2.45) is 0 Å². The lowest BCUT2D eigenvalue weighted by Gasteiger charge is -2.40. The number of hydrogen-bond donors (Lipinski definition) is 0. The van der Waals surface area contributed by atoms with Crippen molar-refractivity contribution in [2.45, 2.75) is 58.1 Å². The molecule has 2 fully saturated rings. The topological polar surface area (TPSA) is 67.8 Å². The van der Waals surface area contributed by atoms with Crippen LogP contribution < -0.4 is 9.64 Å². The van der Waals surface area contributed by atoms with E-state index in [9.17, 15) is 4.79 Å². The molecule has 1 saturated heterocycles. The molecule has 3 rings (SSSR count). The molecule has 1 saturated carbocycles. The van der Waals surface area contributed by atoms with E-state index in [1.165, 1.54) is 12.8 Å². The van der Waals surface area contributed by atoms with Crippen molar-refractivity contribution in [1.82, 2.24) is 14.9 Å². The molecule has 0 N–H and O–H groups in total. The number of carbonyl (C=O) groups is 1. The first kappa shape index (κ1) is 17.8. The zero-order chi connectivity index (χ0) is 18.2. The standard InChI is InChI=1S/C18H28N4O3/c1-12-11-21(8-9-22(12)17(23)25-18(2,3)4)16-19-10-14(13-6-7-13)15(20-16)24-5/h10,12-13H,6-9,11H2,1-5H3/t12-/m1/s1. The van der Waals surface area contributed by atoms with Gasteiger partial charge < -0.3 is 19.3 Å². The van der Waals surface area contributed by atoms with Crippen LogP contribution in [0.1, 0.15) is 52.0 Å². The fraction of sp³-hybridized carbons (Fsp3) is 0.722. The second-order valence-electron chi connectivity index (χ2n) is 7.88. The summed E-state index contributed by atoms with van der Waals surface area (Å²) in [6, 6.07) is 0.0290. The Hall–Kier alpha value is -2.05. The monoisotopic (exact) mass is 348 g/mol. The molecule has 7 nitrogen and oxygen atoms in total. The zero-order valence-corrected chi connectivity index (χ0v) is 15.8. The summed E-state index contributed by atoms with van der Waals surface area (Å²) < 4.78 is 10.9. The fourth-order valence-electron chi connectivity index (χ4n) is 3.09. The number of ether oxygens (including phenoxy) is 2. The lowest BCUT2D eigenvalue weighted by atomic mass is 10.2. The van der Waals surface area contributed by atoms with Gasteiger partial charge in [0.15, 0.2) is 0 Å². The fourth-order valence-corrected chi connectivity index (χ4v) is 3.09. The summed E-state index contributed by atoms with van der Waals surface area (Å²) in [6.45, 7) is 9.60. The Morgan fingerprint density at radius 2 is 2.00 bits per heavy atom. The molecule has 1 atom stereocenters. The van der Waals surface area contributed by atoms with Crippen molar-refractivity contribution in [3.63, 3.8) is 0 Å². The smallest absolute Gasteiger partial charge is 0.410 e. The minimum absolute atomic E-state index is 0.0290. The van der Waals surface area contributed by atoms with Gasteiger partial charge in [0, 0.05) is 37.4 Å². The molecule has 2 heterocycles. The number of rotatable bonds is 3.